The molecule has 2 rings (SSSR count). The van der Waals surface area contributed by atoms with Crippen molar-refractivity contribution >= 4 is 21.6 Å². The van der Waals surface area contributed by atoms with E-state index in [-0.39, 0.29) is 40.9 Å². The summed E-state index contributed by atoms with van der Waals surface area (Å²) < 4.78 is 29.0. The largest absolute Gasteiger partial charge is 0.384 e. The van der Waals surface area contributed by atoms with Gasteiger partial charge in [-0.2, -0.15) is 0 Å². The van der Waals surface area contributed by atoms with Crippen LogP contribution in [0, 0.1) is 11.3 Å². The fourth-order valence-electron chi connectivity index (χ4n) is 3.55. The number of amidine groups is 1. The summed E-state index contributed by atoms with van der Waals surface area (Å²) in [7, 11) is -1.45. The summed E-state index contributed by atoms with van der Waals surface area (Å²) in [5.41, 5.74) is 6.02. The Balaban J connectivity index is 1.95. The van der Waals surface area contributed by atoms with E-state index in [1.807, 2.05) is 0 Å². The second-order valence-corrected chi connectivity index (χ2v) is 10.6. The van der Waals surface area contributed by atoms with Crippen molar-refractivity contribution in [3.05, 3.63) is 0 Å². The molecule has 2 N–H and O–H groups in total. The average molecular weight is 390 g/mol. The van der Waals surface area contributed by atoms with Crippen molar-refractivity contribution in [2.75, 3.05) is 25.2 Å². The predicted octanol–water partition coefficient (Wildman–Crippen LogP) is 0.760. The molecule has 8 nitrogen and oxygen atoms in total. The zero-order valence-corrected chi connectivity index (χ0v) is 17.1. The molecule has 2 fully saturated rings. The van der Waals surface area contributed by atoms with Crippen LogP contribution in [0.3, 0.4) is 0 Å². The monoisotopic (exact) mass is 389 g/mol. The first kappa shape index (κ1) is 21.0. The summed E-state index contributed by atoms with van der Waals surface area (Å²) in [6.07, 6.45) is 0.336. The van der Waals surface area contributed by atoms with Crippen molar-refractivity contribution in [2.24, 2.45) is 22.2 Å². The van der Waals surface area contributed by atoms with E-state index in [1.54, 1.807) is 14.0 Å². The van der Waals surface area contributed by atoms with Crippen LogP contribution in [0.2, 0.25) is 0 Å². The molecule has 0 unspecified atom stereocenters. The number of rotatable bonds is 5. The Morgan fingerprint density at radius 2 is 2.00 bits per heavy atom. The van der Waals surface area contributed by atoms with E-state index in [4.69, 9.17) is 15.3 Å². The summed E-state index contributed by atoms with van der Waals surface area (Å²) in [6, 6.07) is -0.312. The summed E-state index contributed by atoms with van der Waals surface area (Å²) in [5.74, 6) is 0.0906. The van der Waals surface area contributed by atoms with Crippen molar-refractivity contribution in [1.82, 2.24) is 4.90 Å². The van der Waals surface area contributed by atoms with Gasteiger partial charge in [0.05, 0.1) is 17.6 Å². The Labute approximate surface area is 156 Å². The van der Waals surface area contributed by atoms with Crippen LogP contribution in [0.5, 0.6) is 0 Å². The number of sulfone groups is 1. The van der Waals surface area contributed by atoms with E-state index in [2.05, 4.69) is 25.9 Å². The third-order valence-electron chi connectivity index (χ3n) is 5.09. The van der Waals surface area contributed by atoms with Crippen LogP contribution in [-0.2, 0) is 24.2 Å². The molecule has 0 saturated carbocycles. The van der Waals surface area contributed by atoms with E-state index in [0.29, 0.717) is 18.9 Å². The maximum Gasteiger partial charge on any atom is 0.266 e. The van der Waals surface area contributed by atoms with Crippen LogP contribution >= 0.6 is 0 Å². The van der Waals surface area contributed by atoms with E-state index in [0.717, 1.165) is 6.42 Å². The fraction of sp³-hybridized carbons (Fsp3) is 0.882. The van der Waals surface area contributed by atoms with E-state index >= 15 is 0 Å². The highest BCUT2D eigenvalue weighted by atomic mass is 32.2. The molecule has 9 heteroatoms. The molecule has 0 spiro atoms. The third kappa shape index (κ3) is 4.88. The first-order valence-corrected chi connectivity index (χ1v) is 10.8. The van der Waals surface area contributed by atoms with Crippen LogP contribution < -0.4 is 5.73 Å². The van der Waals surface area contributed by atoms with Crippen LogP contribution in [0.1, 0.15) is 40.5 Å². The maximum atomic E-state index is 12.5. The van der Waals surface area contributed by atoms with Crippen LogP contribution in [0.25, 0.3) is 0 Å². The predicted molar refractivity (Wildman–Crippen MR) is 99.3 cm³/mol. The molecule has 2 heterocycles. The molecule has 150 valence electrons. The van der Waals surface area contributed by atoms with Gasteiger partial charge in [0.15, 0.2) is 9.84 Å². The number of carbonyl (C=O) groups excluding carboxylic acids is 1. The fourth-order valence-corrected chi connectivity index (χ4v) is 5.32. The van der Waals surface area contributed by atoms with Gasteiger partial charge in [-0.3, -0.25) is 4.79 Å². The van der Waals surface area contributed by atoms with Crippen molar-refractivity contribution in [3.63, 3.8) is 0 Å². The third-order valence-corrected chi connectivity index (χ3v) is 6.84. The standard InChI is InChI=1S/C17H31N3O5S/c1-11(16(21)20(5)12-7-9-26(22,23)10-12)25-19-15(18)13-6-8-24-14(13)17(2,3)4/h11-14H,6-10H2,1-5H3,(H2,18,19)/t11-,12+,13+,14+/m1/s1. The van der Waals surface area contributed by atoms with Gasteiger partial charge in [0.25, 0.3) is 5.91 Å². The minimum Gasteiger partial charge on any atom is -0.384 e. The zero-order valence-electron chi connectivity index (χ0n) is 16.3. The normalized spacial score (nSPS) is 30.2. The summed E-state index contributed by atoms with van der Waals surface area (Å²) >= 11 is 0. The average Bonchev–Trinajstić information content (AvgIpc) is 3.16. The molecule has 0 radical (unpaired) electrons. The van der Waals surface area contributed by atoms with Gasteiger partial charge in [0, 0.05) is 25.6 Å². The maximum absolute atomic E-state index is 12.5. The molecule has 0 aromatic heterocycles. The number of hydrogen-bond acceptors (Lipinski definition) is 6. The second-order valence-electron chi connectivity index (χ2n) is 8.32. The molecule has 4 atom stereocenters. The molecule has 0 aromatic rings. The highest BCUT2D eigenvalue weighted by molar-refractivity contribution is 7.91. The van der Waals surface area contributed by atoms with Crippen molar-refractivity contribution in [2.45, 2.75) is 58.8 Å². The van der Waals surface area contributed by atoms with Crippen molar-refractivity contribution < 1.29 is 22.8 Å². The smallest absolute Gasteiger partial charge is 0.266 e. The molecule has 26 heavy (non-hydrogen) atoms. The number of likely N-dealkylation sites (N-methyl/N-ethyl adjacent to an activating group) is 1. The highest BCUT2D eigenvalue weighted by Crippen LogP contribution is 2.34. The van der Waals surface area contributed by atoms with Gasteiger partial charge in [0.2, 0.25) is 6.10 Å². The Bertz CT molecular complexity index is 656. The minimum atomic E-state index is -3.05. The molecular weight excluding hydrogens is 358 g/mol. The number of nitrogens with zero attached hydrogens (tertiary/aromatic N) is 2. The quantitative estimate of drug-likeness (QED) is 0.422. The van der Waals surface area contributed by atoms with Gasteiger partial charge in [-0.1, -0.05) is 25.9 Å². The number of amides is 1. The molecule has 1 amide bonds. The number of oxime groups is 1. The van der Waals surface area contributed by atoms with Gasteiger partial charge in [-0.25, -0.2) is 8.42 Å². The first-order valence-electron chi connectivity index (χ1n) is 9.00. The van der Waals surface area contributed by atoms with Crippen molar-refractivity contribution in [3.8, 4) is 0 Å². The van der Waals surface area contributed by atoms with E-state index in [9.17, 15) is 13.2 Å². The molecule has 2 aliphatic rings. The minimum absolute atomic E-state index is 0.0000420. The molecule has 0 aliphatic carbocycles. The molecule has 2 aliphatic heterocycles. The summed E-state index contributed by atoms with van der Waals surface area (Å²) in [4.78, 5) is 19.3. The first-order chi connectivity index (χ1) is 11.9. The lowest BCUT2D eigenvalue weighted by molar-refractivity contribution is -0.143. The molecule has 2 saturated heterocycles. The number of ether oxygens (including phenoxy) is 1. The molecule has 0 aromatic carbocycles. The Morgan fingerprint density at radius 3 is 2.54 bits per heavy atom. The Kier molecular flexibility index (Phi) is 6.22. The van der Waals surface area contributed by atoms with Gasteiger partial charge in [-0.05, 0) is 25.2 Å². The second kappa shape index (κ2) is 7.72. The van der Waals surface area contributed by atoms with Crippen LogP contribution in [0.4, 0.5) is 0 Å². The number of carbonyl (C=O) groups is 1. The number of hydrogen-bond donors (Lipinski definition) is 1. The Hall–Kier alpha value is -1.35. The van der Waals surface area contributed by atoms with Crippen molar-refractivity contribution in [1.29, 1.82) is 0 Å². The SMILES string of the molecule is C[C@@H](O/N=C(/N)[C@H]1CCO[C@@H]1C(C)(C)C)C(=O)N(C)[C@H]1CCS(=O)(=O)C1. The van der Waals surface area contributed by atoms with Crippen LogP contribution in [0.15, 0.2) is 5.16 Å². The zero-order chi connectivity index (χ0) is 19.7. The number of nitrogens with two attached hydrogens (primary N) is 1. The topological polar surface area (TPSA) is 111 Å². The molecule has 0 bridgehead atoms. The van der Waals surface area contributed by atoms with E-state index < -0.39 is 15.9 Å². The summed E-state index contributed by atoms with van der Waals surface area (Å²) in [6.45, 7) is 8.46. The van der Waals surface area contributed by atoms with Gasteiger partial charge in [0.1, 0.15) is 5.84 Å². The molecular formula is C17H31N3O5S. The van der Waals surface area contributed by atoms with Gasteiger partial charge >= 0.3 is 0 Å². The van der Waals surface area contributed by atoms with Crippen LogP contribution in [-0.4, -0.2) is 68.5 Å². The van der Waals surface area contributed by atoms with E-state index in [1.165, 1.54) is 4.90 Å². The lowest BCUT2D eigenvalue weighted by Crippen LogP contribution is -2.43. The highest BCUT2D eigenvalue weighted by Gasteiger charge is 2.40. The van der Waals surface area contributed by atoms with Gasteiger partial charge in [-0.15, -0.1) is 0 Å². The lowest BCUT2D eigenvalue weighted by Gasteiger charge is -2.30. The lowest BCUT2D eigenvalue weighted by atomic mass is 9.81. The summed E-state index contributed by atoms with van der Waals surface area (Å²) in [5, 5.41) is 3.98. The van der Waals surface area contributed by atoms with Gasteiger partial charge < -0.3 is 20.2 Å². The Morgan fingerprint density at radius 1 is 1.35 bits per heavy atom.